The van der Waals surface area contributed by atoms with Crippen molar-refractivity contribution in [2.24, 2.45) is 5.92 Å². The largest absolute Gasteiger partial charge is 0.478 e. The first-order chi connectivity index (χ1) is 18.5. The standard InChI is InChI=1S/C32H40ClN3O2/c1-2-22-7-6-14-34(21-22)15-16-35-17-18-36-29-19-24(32(37)38)10-12-26(29)30(23-8-4-3-5-9-23)31(36)27-13-11-25(33)20-28(27)35/h10-13,19-20,22-23H,2-9,14-18,21H2,1H3,(H,37,38)/t22-/m0/s1. The van der Waals surface area contributed by atoms with Crippen LogP contribution >= 0.6 is 11.6 Å². The first kappa shape index (κ1) is 25.8. The monoisotopic (exact) mass is 533 g/mol. The van der Waals surface area contributed by atoms with Crippen molar-refractivity contribution in [3.05, 3.63) is 52.5 Å². The average molecular weight is 534 g/mol. The summed E-state index contributed by atoms with van der Waals surface area (Å²) in [5, 5.41) is 11.8. The number of rotatable bonds is 6. The molecule has 1 atom stereocenters. The maximum atomic E-state index is 11.9. The Morgan fingerprint density at radius 3 is 2.61 bits per heavy atom. The van der Waals surface area contributed by atoms with Crippen LogP contribution in [0.3, 0.4) is 0 Å². The number of hydrogen-bond acceptors (Lipinski definition) is 3. The summed E-state index contributed by atoms with van der Waals surface area (Å²) in [6.07, 6.45) is 10.2. The minimum absolute atomic E-state index is 0.362. The van der Waals surface area contributed by atoms with Crippen molar-refractivity contribution >= 4 is 34.2 Å². The zero-order valence-corrected chi connectivity index (χ0v) is 23.3. The fourth-order valence-electron chi connectivity index (χ4n) is 7.33. The van der Waals surface area contributed by atoms with E-state index in [9.17, 15) is 9.90 Å². The number of nitrogens with zero attached hydrogens (tertiary/aromatic N) is 3. The number of carbonyl (C=O) groups is 1. The van der Waals surface area contributed by atoms with E-state index in [1.165, 1.54) is 92.4 Å². The molecule has 5 nitrogen and oxygen atoms in total. The number of carboxylic acids is 1. The van der Waals surface area contributed by atoms with E-state index in [0.29, 0.717) is 11.5 Å². The molecule has 1 saturated carbocycles. The molecular weight excluding hydrogens is 494 g/mol. The first-order valence-electron chi connectivity index (χ1n) is 14.7. The molecule has 3 aromatic rings. The Labute approximate surface area is 231 Å². The summed E-state index contributed by atoms with van der Waals surface area (Å²) in [5.41, 5.74) is 6.59. The van der Waals surface area contributed by atoms with Crippen LogP contribution in [0.4, 0.5) is 5.69 Å². The van der Waals surface area contributed by atoms with Gasteiger partial charge in [-0.1, -0.05) is 50.3 Å². The molecule has 1 aromatic heterocycles. The minimum Gasteiger partial charge on any atom is -0.478 e. The van der Waals surface area contributed by atoms with Gasteiger partial charge in [0, 0.05) is 59.9 Å². The molecule has 0 radical (unpaired) electrons. The molecule has 3 aliphatic rings. The molecule has 1 N–H and O–H groups in total. The van der Waals surface area contributed by atoms with Gasteiger partial charge in [-0.15, -0.1) is 0 Å². The summed E-state index contributed by atoms with van der Waals surface area (Å²) >= 11 is 6.62. The third-order valence-electron chi connectivity index (χ3n) is 9.38. The number of likely N-dealkylation sites (tertiary alicyclic amines) is 1. The Morgan fingerprint density at radius 2 is 1.82 bits per heavy atom. The molecule has 202 valence electrons. The van der Waals surface area contributed by atoms with Gasteiger partial charge in [0.05, 0.1) is 11.3 Å². The van der Waals surface area contributed by atoms with Crippen molar-refractivity contribution in [2.75, 3.05) is 37.6 Å². The van der Waals surface area contributed by atoms with Gasteiger partial charge in [-0.25, -0.2) is 4.79 Å². The number of fused-ring (bicyclic) bond motifs is 5. The van der Waals surface area contributed by atoms with E-state index in [0.717, 1.165) is 42.6 Å². The Kier molecular flexibility index (Phi) is 7.41. The molecule has 3 heterocycles. The zero-order valence-electron chi connectivity index (χ0n) is 22.6. The van der Waals surface area contributed by atoms with Crippen molar-refractivity contribution < 1.29 is 9.90 Å². The minimum atomic E-state index is -0.865. The average Bonchev–Trinajstić information content (AvgIpc) is 3.18. The SMILES string of the molecule is CC[C@H]1CCCN(CCN2CCn3c(c(C4CCCCC4)c4ccc(C(=O)O)cc43)-c3ccc(Cl)cc32)C1. The third-order valence-corrected chi connectivity index (χ3v) is 9.61. The van der Waals surface area contributed by atoms with Crippen molar-refractivity contribution in [3.8, 4) is 11.3 Å². The molecule has 2 aliphatic heterocycles. The van der Waals surface area contributed by atoms with E-state index in [4.69, 9.17) is 11.6 Å². The maximum absolute atomic E-state index is 11.9. The lowest BCUT2D eigenvalue weighted by molar-refractivity contribution is 0.0697. The van der Waals surface area contributed by atoms with Gasteiger partial charge in [0.2, 0.25) is 0 Å². The highest BCUT2D eigenvalue weighted by molar-refractivity contribution is 6.31. The molecule has 6 heteroatoms. The molecule has 1 aliphatic carbocycles. The van der Waals surface area contributed by atoms with Crippen molar-refractivity contribution in [1.29, 1.82) is 0 Å². The van der Waals surface area contributed by atoms with Crippen LogP contribution in [-0.4, -0.2) is 53.3 Å². The van der Waals surface area contributed by atoms with E-state index in [2.05, 4.69) is 39.5 Å². The Balaban J connectivity index is 1.43. The Hall–Kier alpha value is -2.50. The number of piperidine rings is 1. The number of halogens is 1. The maximum Gasteiger partial charge on any atom is 0.335 e. The van der Waals surface area contributed by atoms with Gasteiger partial charge in [0.1, 0.15) is 0 Å². The summed E-state index contributed by atoms with van der Waals surface area (Å²) < 4.78 is 2.42. The van der Waals surface area contributed by atoms with Crippen LogP contribution in [-0.2, 0) is 6.54 Å². The van der Waals surface area contributed by atoms with Gasteiger partial charge in [0.15, 0.2) is 0 Å². The Morgan fingerprint density at radius 1 is 0.974 bits per heavy atom. The topological polar surface area (TPSA) is 48.7 Å². The van der Waals surface area contributed by atoms with Gasteiger partial charge in [0.25, 0.3) is 0 Å². The van der Waals surface area contributed by atoms with Gasteiger partial charge in [-0.05, 0) is 80.0 Å². The van der Waals surface area contributed by atoms with E-state index in [-0.39, 0.29) is 0 Å². The molecule has 0 amide bonds. The summed E-state index contributed by atoms with van der Waals surface area (Å²) in [5.74, 6) is 0.465. The zero-order chi connectivity index (χ0) is 26.2. The van der Waals surface area contributed by atoms with Gasteiger partial charge < -0.3 is 19.5 Å². The lowest BCUT2D eigenvalue weighted by Gasteiger charge is -2.34. The van der Waals surface area contributed by atoms with Crippen LogP contribution in [0.15, 0.2) is 36.4 Å². The normalized spacial score (nSPS) is 20.8. The second-order valence-corrected chi connectivity index (χ2v) is 12.1. The molecule has 0 spiro atoms. The van der Waals surface area contributed by atoms with E-state index in [1.807, 2.05) is 12.1 Å². The highest BCUT2D eigenvalue weighted by Crippen LogP contribution is 2.48. The summed E-state index contributed by atoms with van der Waals surface area (Å²) in [4.78, 5) is 17.1. The van der Waals surface area contributed by atoms with E-state index in [1.54, 1.807) is 6.07 Å². The molecule has 0 bridgehead atoms. The summed E-state index contributed by atoms with van der Waals surface area (Å²) in [6, 6.07) is 12.1. The lowest BCUT2D eigenvalue weighted by atomic mass is 9.81. The van der Waals surface area contributed by atoms with Crippen LogP contribution < -0.4 is 4.90 Å². The highest BCUT2D eigenvalue weighted by atomic mass is 35.5. The van der Waals surface area contributed by atoms with Crippen molar-refractivity contribution in [2.45, 2.75) is 70.8 Å². The molecule has 2 aromatic carbocycles. The predicted octanol–water partition coefficient (Wildman–Crippen LogP) is 7.65. The second-order valence-electron chi connectivity index (χ2n) is 11.7. The number of carboxylic acid groups (broad SMARTS) is 1. The number of anilines is 1. The molecule has 38 heavy (non-hydrogen) atoms. The van der Waals surface area contributed by atoms with E-state index >= 15 is 0 Å². The smallest absolute Gasteiger partial charge is 0.335 e. The highest BCUT2D eigenvalue weighted by Gasteiger charge is 2.31. The molecule has 1 saturated heterocycles. The van der Waals surface area contributed by atoms with Gasteiger partial charge in [-0.3, -0.25) is 0 Å². The number of aromatic nitrogens is 1. The quantitative estimate of drug-likeness (QED) is 0.353. The number of benzene rings is 2. The van der Waals surface area contributed by atoms with Crippen LogP contribution in [0.1, 0.15) is 80.1 Å². The van der Waals surface area contributed by atoms with Crippen LogP contribution in [0.2, 0.25) is 5.02 Å². The molecular formula is C32H40ClN3O2. The van der Waals surface area contributed by atoms with Gasteiger partial charge >= 0.3 is 5.97 Å². The fourth-order valence-corrected chi connectivity index (χ4v) is 7.49. The number of hydrogen-bond donors (Lipinski definition) is 1. The lowest BCUT2D eigenvalue weighted by Crippen LogP contribution is -2.41. The predicted molar refractivity (Wildman–Crippen MR) is 157 cm³/mol. The molecule has 2 fully saturated rings. The van der Waals surface area contributed by atoms with Crippen molar-refractivity contribution in [3.63, 3.8) is 0 Å². The van der Waals surface area contributed by atoms with Crippen molar-refractivity contribution in [1.82, 2.24) is 9.47 Å². The number of aromatic carboxylic acids is 1. The van der Waals surface area contributed by atoms with Crippen LogP contribution in [0.5, 0.6) is 0 Å². The van der Waals surface area contributed by atoms with E-state index < -0.39 is 5.97 Å². The fraction of sp³-hybridized carbons (Fsp3) is 0.531. The third kappa shape index (κ3) is 4.84. The summed E-state index contributed by atoms with van der Waals surface area (Å²) in [7, 11) is 0. The first-order valence-corrected chi connectivity index (χ1v) is 15.1. The second kappa shape index (κ2) is 10.9. The van der Waals surface area contributed by atoms with Crippen LogP contribution in [0.25, 0.3) is 22.2 Å². The Bertz CT molecular complexity index is 1330. The van der Waals surface area contributed by atoms with Crippen LogP contribution in [0, 0.1) is 5.92 Å². The van der Waals surface area contributed by atoms with Gasteiger partial charge in [-0.2, -0.15) is 0 Å². The molecule has 6 rings (SSSR count). The molecule has 0 unspecified atom stereocenters. The summed E-state index contributed by atoms with van der Waals surface area (Å²) in [6.45, 7) is 8.49.